The Kier molecular flexibility index (Phi) is 8.40. The molecular weight excluding hydrogens is 284 g/mol. The second-order valence-electron chi connectivity index (χ2n) is 5.42. The van der Waals surface area contributed by atoms with Gasteiger partial charge < -0.3 is 10.6 Å². The van der Waals surface area contributed by atoms with Crippen molar-refractivity contribution in [3.05, 3.63) is 28.8 Å². The molecule has 1 amide bonds. The Balaban J connectivity index is 2.70. The molecule has 0 spiro atoms. The molecule has 1 aromatic rings. The molecule has 0 bridgehead atoms. The molecule has 3 nitrogen and oxygen atoms in total. The zero-order valence-corrected chi connectivity index (χ0v) is 14.1. The number of benzene rings is 1. The van der Waals surface area contributed by atoms with Crippen molar-refractivity contribution in [2.75, 3.05) is 11.9 Å². The van der Waals surface area contributed by atoms with E-state index < -0.39 is 0 Å². The molecule has 21 heavy (non-hydrogen) atoms. The first-order valence-corrected chi connectivity index (χ1v) is 8.27. The first kappa shape index (κ1) is 18.0. The molecule has 0 aromatic heterocycles. The maximum absolute atomic E-state index is 12.5. The number of carbonyl (C=O) groups is 1. The summed E-state index contributed by atoms with van der Waals surface area (Å²) in [5, 5.41) is 6.93. The summed E-state index contributed by atoms with van der Waals surface area (Å²) in [6.45, 7) is 7.11. The predicted molar refractivity (Wildman–Crippen MR) is 91.0 cm³/mol. The lowest BCUT2D eigenvalue weighted by atomic mass is 10.1. The van der Waals surface area contributed by atoms with Gasteiger partial charge in [-0.05, 0) is 37.9 Å². The number of carbonyl (C=O) groups excluding carboxylic acids is 1. The highest BCUT2D eigenvalue weighted by atomic mass is 35.5. The number of hydrogen-bond acceptors (Lipinski definition) is 2. The fourth-order valence-electron chi connectivity index (χ4n) is 2.19. The van der Waals surface area contributed by atoms with Gasteiger partial charge in [-0.1, -0.05) is 56.8 Å². The van der Waals surface area contributed by atoms with Crippen LogP contribution >= 0.6 is 11.6 Å². The van der Waals surface area contributed by atoms with E-state index in [0.717, 1.165) is 49.9 Å². The Labute approximate surface area is 133 Å². The van der Waals surface area contributed by atoms with Gasteiger partial charge >= 0.3 is 0 Å². The lowest BCUT2D eigenvalue weighted by Gasteiger charge is -2.19. The third-order valence-corrected chi connectivity index (χ3v) is 3.87. The van der Waals surface area contributed by atoms with Crippen LogP contribution in [-0.4, -0.2) is 18.5 Å². The molecule has 0 saturated heterocycles. The fourth-order valence-corrected chi connectivity index (χ4v) is 2.46. The molecule has 1 atom stereocenters. The Morgan fingerprint density at radius 1 is 1.24 bits per heavy atom. The van der Waals surface area contributed by atoms with Crippen molar-refractivity contribution >= 4 is 23.2 Å². The molecule has 118 valence electrons. The largest absolute Gasteiger partial charge is 0.323 e. The number of aryl methyl sites for hydroxylation is 1. The van der Waals surface area contributed by atoms with E-state index in [1.165, 1.54) is 0 Å². The SMILES string of the molecule is CCCCN[C@H](CCCC)C(=O)Nc1c(C)cccc1Cl. The van der Waals surface area contributed by atoms with E-state index in [9.17, 15) is 4.79 Å². The van der Waals surface area contributed by atoms with Gasteiger partial charge in [-0.2, -0.15) is 0 Å². The van der Waals surface area contributed by atoms with Gasteiger partial charge in [0.1, 0.15) is 0 Å². The number of rotatable bonds is 9. The van der Waals surface area contributed by atoms with E-state index in [1.807, 2.05) is 19.1 Å². The molecule has 4 heteroatoms. The molecule has 0 fully saturated rings. The minimum atomic E-state index is -0.146. The highest BCUT2D eigenvalue weighted by Gasteiger charge is 2.18. The van der Waals surface area contributed by atoms with Gasteiger partial charge in [-0.25, -0.2) is 0 Å². The first-order chi connectivity index (χ1) is 10.1. The summed E-state index contributed by atoms with van der Waals surface area (Å²) in [5.74, 6) is 0.00996. The molecule has 0 saturated carbocycles. The normalized spacial score (nSPS) is 12.2. The van der Waals surface area contributed by atoms with Crippen molar-refractivity contribution < 1.29 is 4.79 Å². The first-order valence-electron chi connectivity index (χ1n) is 7.89. The molecule has 0 aliphatic heterocycles. The Morgan fingerprint density at radius 3 is 2.57 bits per heavy atom. The van der Waals surface area contributed by atoms with Gasteiger partial charge in [0.15, 0.2) is 0 Å². The van der Waals surface area contributed by atoms with Gasteiger partial charge in [0, 0.05) is 0 Å². The van der Waals surface area contributed by atoms with Crippen LogP contribution in [0.1, 0.15) is 51.5 Å². The van der Waals surface area contributed by atoms with Crippen LogP contribution in [-0.2, 0) is 4.79 Å². The summed E-state index contributed by atoms with van der Waals surface area (Å²) < 4.78 is 0. The van der Waals surface area contributed by atoms with Gasteiger partial charge in [-0.3, -0.25) is 4.79 Å². The molecule has 0 aliphatic rings. The second kappa shape index (κ2) is 9.80. The second-order valence-corrected chi connectivity index (χ2v) is 5.83. The monoisotopic (exact) mass is 310 g/mol. The van der Waals surface area contributed by atoms with Crippen LogP contribution in [0.2, 0.25) is 5.02 Å². The quantitative estimate of drug-likeness (QED) is 0.658. The average molecular weight is 311 g/mol. The fraction of sp³-hybridized carbons (Fsp3) is 0.588. The average Bonchev–Trinajstić information content (AvgIpc) is 2.46. The van der Waals surface area contributed by atoms with Crippen LogP contribution in [0.25, 0.3) is 0 Å². The molecule has 2 N–H and O–H groups in total. The highest BCUT2D eigenvalue weighted by molar-refractivity contribution is 6.34. The number of hydrogen-bond donors (Lipinski definition) is 2. The van der Waals surface area contributed by atoms with Crippen LogP contribution in [0.3, 0.4) is 0 Å². The summed E-state index contributed by atoms with van der Waals surface area (Å²) in [6, 6.07) is 5.50. The third-order valence-electron chi connectivity index (χ3n) is 3.55. The minimum absolute atomic E-state index is 0.00996. The lowest BCUT2D eigenvalue weighted by Crippen LogP contribution is -2.41. The minimum Gasteiger partial charge on any atom is -0.323 e. The Hall–Kier alpha value is -1.06. The van der Waals surface area contributed by atoms with Crippen molar-refractivity contribution in [2.45, 2.75) is 58.9 Å². The lowest BCUT2D eigenvalue weighted by molar-refractivity contribution is -0.118. The number of unbranched alkanes of at least 4 members (excludes halogenated alkanes) is 2. The van der Waals surface area contributed by atoms with Gasteiger partial charge in [0.05, 0.1) is 16.8 Å². The van der Waals surface area contributed by atoms with E-state index >= 15 is 0 Å². The van der Waals surface area contributed by atoms with Crippen molar-refractivity contribution in [3.63, 3.8) is 0 Å². The van der Waals surface area contributed by atoms with E-state index in [1.54, 1.807) is 6.07 Å². The standard InChI is InChI=1S/C17H27ClN2O/c1-4-6-11-15(19-12-7-5-2)17(21)20-16-13(3)9-8-10-14(16)18/h8-10,15,19H,4-7,11-12H2,1-3H3,(H,20,21)/t15-/m1/s1. The summed E-state index contributed by atoms with van der Waals surface area (Å²) in [5.41, 5.74) is 1.71. The maximum Gasteiger partial charge on any atom is 0.241 e. The molecule has 0 radical (unpaired) electrons. The smallest absolute Gasteiger partial charge is 0.241 e. The van der Waals surface area contributed by atoms with Gasteiger partial charge in [-0.15, -0.1) is 0 Å². The van der Waals surface area contributed by atoms with Crippen LogP contribution < -0.4 is 10.6 Å². The Bertz CT molecular complexity index is 428. The summed E-state index contributed by atoms with van der Waals surface area (Å²) in [4.78, 5) is 12.5. The molecule has 1 rings (SSSR count). The Morgan fingerprint density at radius 2 is 1.95 bits per heavy atom. The third kappa shape index (κ3) is 6.06. The molecule has 0 aliphatic carbocycles. The van der Waals surface area contributed by atoms with E-state index in [4.69, 9.17) is 11.6 Å². The van der Waals surface area contributed by atoms with Crippen molar-refractivity contribution in [3.8, 4) is 0 Å². The highest BCUT2D eigenvalue weighted by Crippen LogP contribution is 2.25. The number of amides is 1. The van der Waals surface area contributed by atoms with Crippen LogP contribution in [0.15, 0.2) is 18.2 Å². The van der Waals surface area contributed by atoms with Crippen LogP contribution in [0.5, 0.6) is 0 Å². The van der Waals surface area contributed by atoms with Gasteiger partial charge in [0.25, 0.3) is 0 Å². The molecule has 1 aromatic carbocycles. The van der Waals surface area contributed by atoms with Gasteiger partial charge in [0.2, 0.25) is 5.91 Å². The van der Waals surface area contributed by atoms with Crippen molar-refractivity contribution in [1.82, 2.24) is 5.32 Å². The topological polar surface area (TPSA) is 41.1 Å². The maximum atomic E-state index is 12.5. The molecule has 0 unspecified atom stereocenters. The van der Waals surface area contributed by atoms with E-state index in [0.29, 0.717) is 5.02 Å². The predicted octanol–water partition coefficient (Wildman–Crippen LogP) is 4.54. The zero-order chi connectivity index (χ0) is 15.7. The molecular formula is C17H27ClN2O. The number of anilines is 1. The van der Waals surface area contributed by atoms with Crippen LogP contribution in [0.4, 0.5) is 5.69 Å². The van der Waals surface area contributed by atoms with Crippen molar-refractivity contribution in [1.29, 1.82) is 0 Å². The van der Waals surface area contributed by atoms with E-state index in [2.05, 4.69) is 24.5 Å². The zero-order valence-electron chi connectivity index (χ0n) is 13.3. The van der Waals surface area contributed by atoms with Crippen molar-refractivity contribution in [2.24, 2.45) is 0 Å². The summed E-state index contributed by atoms with van der Waals surface area (Å²) >= 11 is 6.17. The number of para-hydroxylation sites is 1. The number of halogens is 1. The molecule has 0 heterocycles. The van der Waals surface area contributed by atoms with E-state index in [-0.39, 0.29) is 11.9 Å². The summed E-state index contributed by atoms with van der Waals surface area (Å²) in [7, 11) is 0. The summed E-state index contributed by atoms with van der Waals surface area (Å²) in [6.07, 6.45) is 5.19. The van der Waals surface area contributed by atoms with Crippen LogP contribution in [0, 0.1) is 6.92 Å². The number of nitrogens with one attached hydrogen (secondary N) is 2.